The van der Waals surface area contributed by atoms with Gasteiger partial charge in [0.05, 0.1) is 23.0 Å². The van der Waals surface area contributed by atoms with Crippen LogP contribution in [0.3, 0.4) is 0 Å². The highest BCUT2D eigenvalue weighted by Gasteiger charge is 2.26. The highest BCUT2D eigenvalue weighted by molar-refractivity contribution is 6.31. The van der Waals surface area contributed by atoms with Crippen molar-refractivity contribution in [2.24, 2.45) is 7.05 Å². The molecule has 0 saturated carbocycles. The van der Waals surface area contributed by atoms with Gasteiger partial charge in [-0.1, -0.05) is 11.6 Å². The predicted molar refractivity (Wildman–Crippen MR) is 66.5 cm³/mol. The van der Waals surface area contributed by atoms with Crippen LogP contribution < -0.4 is 5.32 Å². The van der Waals surface area contributed by atoms with E-state index in [2.05, 4.69) is 10.4 Å². The van der Waals surface area contributed by atoms with Gasteiger partial charge in [-0.05, 0) is 6.92 Å². The summed E-state index contributed by atoms with van der Waals surface area (Å²) < 4.78 is 67.3. The van der Waals surface area contributed by atoms with Gasteiger partial charge in [-0.2, -0.15) is 5.10 Å². The number of aromatic nitrogens is 2. The SMILES string of the molecule is Cc1nn(C)c(CNc2c(F)c(F)c(F)c(F)c2F)c1Cl. The van der Waals surface area contributed by atoms with Gasteiger partial charge in [-0.15, -0.1) is 0 Å². The third-order valence-electron chi connectivity index (χ3n) is 2.90. The van der Waals surface area contributed by atoms with E-state index in [-0.39, 0.29) is 11.6 Å². The molecule has 0 atom stereocenters. The minimum absolute atomic E-state index is 0.244. The maximum absolute atomic E-state index is 13.5. The van der Waals surface area contributed by atoms with Crippen LogP contribution in [0.5, 0.6) is 0 Å². The third kappa shape index (κ3) is 2.55. The van der Waals surface area contributed by atoms with Gasteiger partial charge in [-0.25, -0.2) is 22.0 Å². The summed E-state index contributed by atoms with van der Waals surface area (Å²) >= 11 is 5.93. The van der Waals surface area contributed by atoms with Gasteiger partial charge in [0.15, 0.2) is 23.3 Å². The van der Waals surface area contributed by atoms with Crippen LogP contribution in [-0.4, -0.2) is 9.78 Å². The molecule has 0 amide bonds. The quantitative estimate of drug-likeness (QED) is 0.530. The monoisotopic (exact) mass is 325 g/mol. The van der Waals surface area contributed by atoms with E-state index in [0.29, 0.717) is 11.4 Å². The van der Waals surface area contributed by atoms with E-state index in [0.717, 1.165) is 0 Å². The van der Waals surface area contributed by atoms with Gasteiger partial charge in [0.25, 0.3) is 0 Å². The average molecular weight is 326 g/mol. The Labute approximate surface area is 121 Å². The third-order valence-corrected chi connectivity index (χ3v) is 3.40. The Morgan fingerprint density at radius 2 is 1.48 bits per heavy atom. The van der Waals surface area contributed by atoms with E-state index < -0.39 is 34.8 Å². The first-order chi connectivity index (χ1) is 9.75. The Balaban J connectivity index is 2.37. The summed E-state index contributed by atoms with van der Waals surface area (Å²) in [7, 11) is 1.54. The Morgan fingerprint density at radius 3 is 1.90 bits per heavy atom. The molecule has 0 aliphatic heterocycles. The van der Waals surface area contributed by atoms with E-state index >= 15 is 0 Å². The number of anilines is 1. The highest BCUT2D eigenvalue weighted by Crippen LogP contribution is 2.28. The number of halogens is 6. The van der Waals surface area contributed by atoms with Crippen molar-refractivity contribution >= 4 is 17.3 Å². The molecule has 0 spiro atoms. The summed E-state index contributed by atoms with van der Waals surface area (Å²) in [5, 5.41) is 6.37. The Hall–Kier alpha value is -1.83. The number of hydrogen-bond acceptors (Lipinski definition) is 2. The number of nitrogens with zero attached hydrogens (tertiary/aromatic N) is 2. The molecule has 1 heterocycles. The molecule has 0 radical (unpaired) electrons. The summed E-state index contributed by atoms with van der Waals surface area (Å²) in [4.78, 5) is 0. The lowest BCUT2D eigenvalue weighted by atomic mass is 10.2. The summed E-state index contributed by atoms with van der Waals surface area (Å²) in [5.41, 5.74) is -0.284. The molecule has 1 aromatic heterocycles. The van der Waals surface area contributed by atoms with Gasteiger partial charge in [0.2, 0.25) is 5.82 Å². The molecule has 0 unspecified atom stereocenters. The van der Waals surface area contributed by atoms with Crippen molar-refractivity contribution in [3.8, 4) is 0 Å². The normalized spacial score (nSPS) is 11.0. The first kappa shape index (κ1) is 15.6. The minimum Gasteiger partial charge on any atom is -0.374 e. The first-order valence-corrected chi connectivity index (χ1v) is 6.06. The molecule has 9 heteroatoms. The summed E-state index contributed by atoms with van der Waals surface area (Å²) in [5.74, 6) is -10.1. The van der Waals surface area contributed by atoms with Crippen molar-refractivity contribution in [2.45, 2.75) is 13.5 Å². The van der Waals surface area contributed by atoms with Crippen molar-refractivity contribution in [1.29, 1.82) is 0 Å². The Kier molecular flexibility index (Phi) is 4.08. The number of hydrogen-bond donors (Lipinski definition) is 1. The molecule has 3 nitrogen and oxygen atoms in total. The predicted octanol–water partition coefficient (Wildman–Crippen LogP) is 3.69. The van der Waals surface area contributed by atoms with Crippen molar-refractivity contribution in [2.75, 3.05) is 5.32 Å². The number of nitrogens with one attached hydrogen (secondary N) is 1. The second-order valence-electron chi connectivity index (χ2n) is 4.27. The van der Waals surface area contributed by atoms with Gasteiger partial charge in [-0.3, -0.25) is 4.68 Å². The molecule has 21 heavy (non-hydrogen) atoms. The van der Waals surface area contributed by atoms with Gasteiger partial charge in [0, 0.05) is 7.05 Å². The number of aryl methyl sites for hydroxylation is 2. The van der Waals surface area contributed by atoms with Crippen LogP contribution in [0, 0.1) is 36.0 Å². The standard InChI is InChI=1S/C12H9ClF5N3/c1-4-6(13)5(21(2)20-4)3-19-12-10(17)8(15)7(14)9(16)11(12)18/h19H,3H2,1-2H3. The van der Waals surface area contributed by atoms with Crippen molar-refractivity contribution in [3.63, 3.8) is 0 Å². The van der Waals surface area contributed by atoms with Crippen LogP contribution in [0.25, 0.3) is 0 Å². The molecular weight excluding hydrogens is 317 g/mol. The maximum atomic E-state index is 13.5. The first-order valence-electron chi connectivity index (χ1n) is 5.69. The molecule has 114 valence electrons. The zero-order valence-corrected chi connectivity index (χ0v) is 11.6. The molecule has 0 aliphatic rings. The van der Waals surface area contributed by atoms with Crippen LogP contribution >= 0.6 is 11.6 Å². The molecule has 0 saturated heterocycles. The largest absolute Gasteiger partial charge is 0.374 e. The molecule has 1 aromatic carbocycles. The van der Waals surface area contributed by atoms with Crippen LogP contribution in [-0.2, 0) is 13.6 Å². The fourth-order valence-corrected chi connectivity index (χ4v) is 2.03. The Morgan fingerprint density at radius 1 is 1.00 bits per heavy atom. The summed E-state index contributed by atoms with van der Waals surface area (Å²) in [6, 6.07) is 0. The van der Waals surface area contributed by atoms with E-state index in [1.54, 1.807) is 6.92 Å². The minimum atomic E-state index is -2.20. The van der Waals surface area contributed by atoms with E-state index in [1.807, 2.05) is 0 Å². The maximum Gasteiger partial charge on any atom is 0.200 e. The van der Waals surface area contributed by atoms with E-state index in [9.17, 15) is 22.0 Å². The van der Waals surface area contributed by atoms with Crippen molar-refractivity contribution in [3.05, 3.63) is 45.5 Å². The molecule has 0 bridgehead atoms. The van der Waals surface area contributed by atoms with Gasteiger partial charge in [0.1, 0.15) is 5.69 Å². The fraction of sp³-hybridized carbons (Fsp3) is 0.250. The van der Waals surface area contributed by atoms with Crippen molar-refractivity contribution < 1.29 is 22.0 Å². The number of benzene rings is 1. The molecular formula is C12H9ClF5N3. The lowest BCUT2D eigenvalue weighted by Crippen LogP contribution is -2.12. The Bertz CT molecular complexity index is 685. The second-order valence-corrected chi connectivity index (χ2v) is 4.65. The molecule has 0 fully saturated rings. The van der Waals surface area contributed by atoms with Crippen LogP contribution in [0.2, 0.25) is 5.02 Å². The number of rotatable bonds is 3. The molecule has 0 aliphatic carbocycles. The van der Waals surface area contributed by atoms with Crippen LogP contribution in [0.15, 0.2) is 0 Å². The molecule has 2 aromatic rings. The van der Waals surface area contributed by atoms with Gasteiger partial charge >= 0.3 is 0 Å². The molecule has 1 N–H and O–H groups in total. The topological polar surface area (TPSA) is 29.9 Å². The highest BCUT2D eigenvalue weighted by atomic mass is 35.5. The smallest absolute Gasteiger partial charge is 0.200 e. The van der Waals surface area contributed by atoms with Crippen molar-refractivity contribution in [1.82, 2.24) is 9.78 Å². The van der Waals surface area contributed by atoms with Crippen LogP contribution in [0.1, 0.15) is 11.4 Å². The lowest BCUT2D eigenvalue weighted by Gasteiger charge is -2.11. The average Bonchev–Trinajstić information content (AvgIpc) is 2.69. The van der Waals surface area contributed by atoms with Gasteiger partial charge < -0.3 is 5.32 Å². The summed E-state index contributed by atoms with van der Waals surface area (Å²) in [6.45, 7) is 1.36. The lowest BCUT2D eigenvalue weighted by molar-refractivity contribution is 0.381. The van der Waals surface area contributed by atoms with Crippen LogP contribution in [0.4, 0.5) is 27.6 Å². The zero-order chi connectivity index (χ0) is 15.9. The van der Waals surface area contributed by atoms with E-state index in [1.165, 1.54) is 11.7 Å². The second kappa shape index (κ2) is 5.51. The molecule has 2 rings (SSSR count). The summed E-state index contributed by atoms with van der Waals surface area (Å²) in [6.07, 6.45) is 0. The van der Waals surface area contributed by atoms with E-state index in [4.69, 9.17) is 11.6 Å². The zero-order valence-electron chi connectivity index (χ0n) is 10.9. The fourth-order valence-electron chi connectivity index (χ4n) is 1.80.